The Morgan fingerprint density at radius 3 is 2.73 bits per heavy atom. The SMILES string of the molecule is Cc1nc(-c2cccc(NC(=O)C3CC3c3ccccc3Cl)c2)oc1C. The van der Waals surface area contributed by atoms with Crippen molar-refractivity contribution in [3.8, 4) is 11.5 Å². The van der Waals surface area contributed by atoms with Crippen LogP contribution in [0.15, 0.2) is 52.9 Å². The Kier molecular flexibility index (Phi) is 4.29. The second-order valence-electron chi connectivity index (χ2n) is 6.70. The molecule has 4 rings (SSSR count). The van der Waals surface area contributed by atoms with Crippen LogP contribution < -0.4 is 5.32 Å². The van der Waals surface area contributed by atoms with Gasteiger partial charge < -0.3 is 9.73 Å². The van der Waals surface area contributed by atoms with Gasteiger partial charge in [0.05, 0.1) is 5.69 Å². The fourth-order valence-electron chi connectivity index (χ4n) is 3.17. The fourth-order valence-corrected chi connectivity index (χ4v) is 3.44. The average Bonchev–Trinajstić information content (AvgIpc) is 3.35. The summed E-state index contributed by atoms with van der Waals surface area (Å²) in [4.78, 5) is 17.0. The number of rotatable bonds is 4. The zero-order valence-electron chi connectivity index (χ0n) is 14.6. The fraction of sp³-hybridized carbons (Fsp3) is 0.238. The standard InChI is InChI=1S/C21H19ClN2O2/c1-12-13(2)26-21(23-12)14-6-5-7-15(10-14)24-20(25)18-11-17(18)16-8-3-4-9-19(16)22/h3-10,17-18H,11H2,1-2H3,(H,24,25). The van der Waals surface area contributed by atoms with E-state index < -0.39 is 0 Å². The minimum atomic E-state index is -0.0372. The smallest absolute Gasteiger partial charge is 0.228 e. The van der Waals surface area contributed by atoms with Crippen LogP contribution in [-0.4, -0.2) is 10.9 Å². The summed E-state index contributed by atoms with van der Waals surface area (Å²) in [5.74, 6) is 1.55. The molecule has 0 radical (unpaired) electrons. The first-order valence-electron chi connectivity index (χ1n) is 8.62. The number of nitrogens with zero attached hydrogens (tertiary/aromatic N) is 1. The first kappa shape index (κ1) is 16.9. The number of carbonyl (C=O) groups is 1. The maximum absolute atomic E-state index is 12.6. The summed E-state index contributed by atoms with van der Waals surface area (Å²) in [5, 5.41) is 3.73. The van der Waals surface area contributed by atoms with Crippen molar-refractivity contribution in [3.05, 3.63) is 70.6 Å². The number of aryl methyl sites for hydroxylation is 2. The predicted octanol–water partition coefficient (Wildman–Crippen LogP) is 5.35. The van der Waals surface area contributed by atoms with Crippen LogP contribution >= 0.6 is 11.6 Å². The molecule has 1 aromatic heterocycles. The zero-order valence-corrected chi connectivity index (χ0v) is 15.4. The Balaban J connectivity index is 1.47. The number of halogens is 1. The summed E-state index contributed by atoms with van der Waals surface area (Å²) in [6, 6.07) is 15.3. The summed E-state index contributed by atoms with van der Waals surface area (Å²) in [5.41, 5.74) is 3.51. The average molecular weight is 367 g/mol. The topological polar surface area (TPSA) is 55.1 Å². The molecule has 1 N–H and O–H groups in total. The van der Waals surface area contributed by atoms with E-state index in [9.17, 15) is 4.79 Å². The number of anilines is 1. The van der Waals surface area contributed by atoms with Gasteiger partial charge in [-0.15, -0.1) is 0 Å². The highest BCUT2D eigenvalue weighted by Gasteiger charge is 2.44. The monoisotopic (exact) mass is 366 g/mol. The van der Waals surface area contributed by atoms with Crippen molar-refractivity contribution in [2.24, 2.45) is 5.92 Å². The van der Waals surface area contributed by atoms with Crippen molar-refractivity contribution in [2.75, 3.05) is 5.32 Å². The predicted molar refractivity (Wildman–Crippen MR) is 102 cm³/mol. The van der Waals surface area contributed by atoms with Crippen LogP contribution in [0.1, 0.15) is 29.4 Å². The number of benzene rings is 2. The molecule has 5 heteroatoms. The van der Waals surface area contributed by atoms with Crippen LogP contribution in [0.3, 0.4) is 0 Å². The highest BCUT2D eigenvalue weighted by molar-refractivity contribution is 6.31. The van der Waals surface area contributed by atoms with Crippen LogP contribution in [0, 0.1) is 19.8 Å². The molecule has 1 aliphatic carbocycles. The summed E-state index contributed by atoms with van der Waals surface area (Å²) in [6.07, 6.45) is 0.827. The van der Waals surface area contributed by atoms with Crippen molar-refractivity contribution in [1.29, 1.82) is 0 Å². The van der Waals surface area contributed by atoms with E-state index in [0.29, 0.717) is 5.89 Å². The van der Waals surface area contributed by atoms with Gasteiger partial charge in [-0.05, 0) is 56.0 Å². The van der Waals surface area contributed by atoms with Gasteiger partial charge in [-0.1, -0.05) is 35.9 Å². The Bertz CT molecular complexity index is 960. The van der Waals surface area contributed by atoms with E-state index in [1.54, 1.807) is 0 Å². The summed E-state index contributed by atoms with van der Waals surface area (Å²) >= 11 is 6.24. The molecule has 26 heavy (non-hydrogen) atoms. The number of hydrogen-bond donors (Lipinski definition) is 1. The van der Waals surface area contributed by atoms with Crippen LogP contribution in [0.5, 0.6) is 0 Å². The van der Waals surface area contributed by atoms with E-state index in [4.69, 9.17) is 16.0 Å². The van der Waals surface area contributed by atoms with Gasteiger partial charge in [-0.3, -0.25) is 4.79 Å². The van der Waals surface area contributed by atoms with Gasteiger partial charge in [0.15, 0.2) is 0 Å². The lowest BCUT2D eigenvalue weighted by atomic mass is 10.1. The molecule has 1 aliphatic rings. The second kappa shape index (κ2) is 6.61. The van der Waals surface area contributed by atoms with Gasteiger partial charge in [-0.2, -0.15) is 0 Å². The molecular weight excluding hydrogens is 348 g/mol. The minimum Gasteiger partial charge on any atom is -0.441 e. The molecule has 1 saturated carbocycles. The van der Waals surface area contributed by atoms with Gasteiger partial charge in [0.1, 0.15) is 5.76 Å². The number of hydrogen-bond acceptors (Lipinski definition) is 3. The molecule has 2 aromatic carbocycles. The summed E-state index contributed by atoms with van der Waals surface area (Å²) in [6.45, 7) is 3.80. The van der Waals surface area contributed by atoms with Gasteiger partial charge in [0.25, 0.3) is 0 Å². The van der Waals surface area contributed by atoms with Crippen molar-refractivity contribution in [3.63, 3.8) is 0 Å². The Morgan fingerprint density at radius 2 is 2.00 bits per heavy atom. The lowest BCUT2D eigenvalue weighted by Gasteiger charge is -2.07. The van der Waals surface area contributed by atoms with Crippen LogP contribution in [0.4, 0.5) is 5.69 Å². The third kappa shape index (κ3) is 3.25. The minimum absolute atomic E-state index is 0.0202. The summed E-state index contributed by atoms with van der Waals surface area (Å²) < 4.78 is 5.67. The Hall–Kier alpha value is -2.59. The van der Waals surface area contributed by atoms with Crippen molar-refractivity contribution >= 4 is 23.2 Å². The second-order valence-corrected chi connectivity index (χ2v) is 7.11. The van der Waals surface area contributed by atoms with Gasteiger partial charge in [-0.25, -0.2) is 4.98 Å². The molecule has 132 valence electrons. The lowest BCUT2D eigenvalue weighted by Crippen LogP contribution is -2.14. The molecule has 3 aromatic rings. The number of carbonyl (C=O) groups excluding carboxylic acids is 1. The molecule has 0 aliphatic heterocycles. The number of nitrogens with one attached hydrogen (secondary N) is 1. The summed E-state index contributed by atoms with van der Waals surface area (Å²) in [7, 11) is 0. The quantitative estimate of drug-likeness (QED) is 0.676. The zero-order chi connectivity index (χ0) is 18.3. The molecule has 2 unspecified atom stereocenters. The van der Waals surface area contributed by atoms with E-state index in [0.717, 1.165) is 39.7 Å². The number of aromatic nitrogens is 1. The first-order valence-corrected chi connectivity index (χ1v) is 9.00. The maximum Gasteiger partial charge on any atom is 0.228 e. The van der Waals surface area contributed by atoms with Crippen molar-refractivity contribution in [2.45, 2.75) is 26.2 Å². The van der Waals surface area contributed by atoms with E-state index in [2.05, 4.69) is 10.3 Å². The van der Waals surface area contributed by atoms with Gasteiger partial charge in [0.2, 0.25) is 11.8 Å². The molecular formula is C21H19ClN2O2. The highest BCUT2D eigenvalue weighted by Crippen LogP contribution is 2.50. The van der Waals surface area contributed by atoms with E-state index in [1.807, 2.05) is 62.4 Å². The maximum atomic E-state index is 12.6. The van der Waals surface area contributed by atoms with E-state index in [-0.39, 0.29) is 17.7 Å². The van der Waals surface area contributed by atoms with Crippen molar-refractivity contribution < 1.29 is 9.21 Å². The van der Waals surface area contributed by atoms with E-state index in [1.165, 1.54) is 0 Å². The molecule has 0 bridgehead atoms. The number of amides is 1. The highest BCUT2D eigenvalue weighted by atomic mass is 35.5. The molecule has 1 fully saturated rings. The van der Waals surface area contributed by atoms with Crippen LogP contribution in [-0.2, 0) is 4.79 Å². The van der Waals surface area contributed by atoms with Crippen LogP contribution in [0.25, 0.3) is 11.5 Å². The largest absolute Gasteiger partial charge is 0.441 e. The third-order valence-electron chi connectivity index (χ3n) is 4.84. The molecule has 2 atom stereocenters. The Morgan fingerprint density at radius 1 is 1.19 bits per heavy atom. The molecule has 0 saturated heterocycles. The Labute approximate surface area is 157 Å². The van der Waals surface area contributed by atoms with Gasteiger partial charge in [0, 0.05) is 22.2 Å². The lowest BCUT2D eigenvalue weighted by molar-refractivity contribution is -0.117. The normalized spacial score (nSPS) is 18.6. The first-order chi connectivity index (χ1) is 12.5. The van der Waals surface area contributed by atoms with Gasteiger partial charge >= 0.3 is 0 Å². The molecule has 1 amide bonds. The molecule has 1 heterocycles. The molecule has 4 nitrogen and oxygen atoms in total. The van der Waals surface area contributed by atoms with Crippen LogP contribution in [0.2, 0.25) is 5.02 Å². The number of oxazole rings is 1. The molecule has 0 spiro atoms. The van der Waals surface area contributed by atoms with Crippen molar-refractivity contribution in [1.82, 2.24) is 4.98 Å². The third-order valence-corrected chi connectivity index (χ3v) is 5.18. The van der Waals surface area contributed by atoms with E-state index >= 15 is 0 Å².